The number of hydrogen-bond donors (Lipinski definition) is 0. The number of imide groups is 1. The van der Waals surface area contributed by atoms with Crippen LogP contribution in [0.5, 0.6) is 0 Å². The van der Waals surface area contributed by atoms with Crippen LogP contribution in [-0.2, 0) is 24.6 Å². The molecule has 3 heterocycles. The molecule has 0 bridgehead atoms. The Hall–Kier alpha value is -2.25. The number of aliphatic imine (C=N–C) groups is 1. The third-order valence-electron chi connectivity index (χ3n) is 4.95. The largest absolute Gasteiger partial charge is 0.424 e. The first-order valence-electron chi connectivity index (χ1n) is 7.26. The molecular weight excluding hydrogens is 300 g/mol. The zero-order chi connectivity index (χ0) is 16.6. The SMILES string of the molecule is CO[C@]12OC(C)=N[C@@]1(C)[C@]1(O2)C(=O)N(C)C(=O)c2ccccc21. The molecule has 0 aromatic heterocycles. The summed E-state index contributed by atoms with van der Waals surface area (Å²) in [5, 5.41) is 0. The Morgan fingerprint density at radius 1 is 1.26 bits per heavy atom. The minimum atomic E-state index is -1.46. The summed E-state index contributed by atoms with van der Waals surface area (Å²) < 4.78 is 17.0. The van der Waals surface area contributed by atoms with Crippen molar-refractivity contribution < 1.29 is 23.8 Å². The van der Waals surface area contributed by atoms with E-state index in [1.807, 2.05) is 0 Å². The minimum Gasteiger partial charge on any atom is -0.424 e. The number of ether oxygens (including phenoxy) is 3. The summed E-state index contributed by atoms with van der Waals surface area (Å²) in [6.07, 6.45) is 0. The number of rotatable bonds is 1. The second-order valence-corrected chi connectivity index (χ2v) is 6.06. The van der Waals surface area contributed by atoms with Crippen molar-refractivity contribution in [1.82, 2.24) is 4.90 Å². The summed E-state index contributed by atoms with van der Waals surface area (Å²) in [4.78, 5) is 31.0. The summed E-state index contributed by atoms with van der Waals surface area (Å²) in [5.41, 5.74) is -1.66. The van der Waals surface area contributed by atoms with E-state index < -0.39 is 23.0 Å². The predicted octanol–water partition coefficient (Wildman–Crippen LogP) is 1.03. The van der Waals surface area contributed by atoms with Gasteiger partial charge in [-0.15, -0.1) is 0 Å². The number of likely N-dealkylation sites (N-methyl/N-ethyl adjacent to an activating group) is 1. The monoisotopic (exact) mass is 316 g/mol. The second-order valence-electron chi connectivity index (χ2n) is 6.06. The fourth-order valence-electron chi connectivity index (χ4n) is 3.82. The molecule has 1 aromatic carbocycles. The molecule has 1 spiro atoms. The van der Waals surface area contributed by atoms with Crippen LogP contribution in [0.4, 0.5) is 0 Å². The molecule has 120 valence electrons. The highest BCUT2D eigenvalue weighted by molar-refractivity contribution is 6.13. The van der Waals surface area contributed by atoms with Crippen molar-refractivity contribution in [3.8, 4) is 0 Å². The van der Waals surface area contributed by atoms with Crippen LogP contribution in [0.25, 0.3) is 0 Å². The van der Waals surface area contributed by atoms with Crippen LogP contribution in [-0.4, -0.2) is 48.3 Å². The van der Waals surface area contributed by atoms with E-state index in [4.69, 9.17) is 14.2 Å². The molecule has 0 N–H and O–H groups in total. The van der Waals surface area contributed by atoms with Gasteiger partial charge in [0.2, 0.25) is 5.60 Å². The van der Waals surface area contributed by atoms with Crippen molar-refractivity contribution in [1.29, 1.82) is 0 Å². The fraction of sp³-hybridized carbons (Fsp3) is 0.438. The number of methoxy groups -OCH3 is 1. The van der Waals surface area contributed by atoms with Crippen LogP contribution >= 0.6 is 0 Å². The van der Waals surface area contributed by atoms with Crippen molar-refractivity contribution in [2.24, 2.45) is 4.99 Å². The second kappa shape index (κ2) is 3.98. The van der Waals surface area contributed by atoms with Gasteiger partial charge in [0.1, 0.15) is 0 Å². The summed E-state index contributed by atoms with van der Waals surface area (Å²) >= 11 is 0. The molecule has 23 heavy (non-hydrogen) atoms. The van der Waals surface area contributed by atoms with Gasteiger partial charge in [0.15, 0.2) is 11.4 Å². The topological polar surface area (TPSA) is 77.4 Å². The maximum atomic E-state index is 13.0. The molecule has 0 saturated carbocycles. The number of nitrogens with zero attached hydrogens (tertiary/aromatic N) is 2. The first kappa shape index (κ1) is 14.3. The quantitative estimate of drug-likeness (QED) is 0.723. The molecule has 1 saturated heterocycles. The molecule has 0 unspecified atom stereocenters. The normalized spacial score (nSPS) is 37.9. The molecule has 3 aliphatic rings. The van der Waals surface area contributed by atoms with Crippen molar-refractivity contribution in [2.75, 3.05) is 14.2 Å². The van der Waals surface area contributed by atoms with E-state index in [0.717, 1.165) is 4.90 Å². The number of benzene rings is 1. The van der Waals surface area contributed by atoms with Crippen molar-refractivity contribution in [2.45, 2.75) is 31.0 Å². The van der Waals surface area contributed by atoms with Gasteiger partial charge in [0.05, 0.1) is 0 Å². The molecule has 7 nitrogen and oxygen atoms in total. The highest BCUT2D eigenvalue weighted by atomic mass is 16.9. The van der Waals surface area contributed by atoms with Crippen LogP contribution < -0.4 is 0 Å². The number of amides is 2. The molecule has 2 amide bonds. The number of carbonyl (C=O) groups is 2. The Morgan fingerprint density at radius 3 is 2.65 bits per heavy atom. The van der Waals surface area contributed by atoms with E-state index in [0.29, 0.717) is 17.0 Å². The third kappa shape index (κ3) is 1.28. The molecule has 7 heteroatoms. The van der Waals surface area contributed by atoms with E-state index in [9.17, 15) is 9.59 Å². The Morgan fingerprint density at radius 2 is 1.96 bits per heavy atom. The lowest BCUT2D eigenvalue weighted by Gasteiger charge is -2.61. The maximum Gasteiger partial charge on any atom is 0.359 e. The Bertz CT molecular complexity index is 790. The zero-order valence-corrected chi connectivity index (χ0v) is 13.2. The van der Waals surface area contributed by atoms with Gasteiger partial charge >= 0.3 is 5.97 Å². The molecule has 4 rings (SSSR count). The number of hydrogen-bond acceptors (Lipinski definition) is 6. The Kier molecular flexibility index (Phi) is 2.49. The lowest BCUT2D eigenvalue weighted by molar-refractivity contribution is -0.485. The molecule has 0 aliphatic carbocycles. The van der Waals surface area contributed by atoms with Gasteiger partial charge in [-0.3, -0.25) is 19.2 Å². The van der Waals surface area contributed by atoms with Crippen molar-refractivity contribution in [3.63, 3.8) is 0 Å². The predicted molar refractivity (Wildman–Crippen MR) is 78.6 cm³/mol. The van der Waals surface area contributed by atoms with Gasteiger partial charge in [0.25, 0.3) is 11.8 Å². The van der Waals surface area contributed by atoms with E-state index in [1.54, 1.807) is 38.1 Å². The summed E-state index contributed by atoms with van der Waals surface area (Å²) in [5.74, 6) is -1.92. The van der Waals surface area contributed by atoms with Gasteiger partial charge in [-0.2, -0.15) is 0 Å². The molecule has 3 aliphatic heterocycles. The number of fused-ring (bicyclic) bond motifs is 4. The lowest BCUT2D eigenvalue weighted by atomic mass is 9.65. The molecular formula is C16H16N2O5. The van der Waals surface area contributed by atoms with Gasteiger partial charge in [-0.1, -0.05) is 18.2 Å². The van der Waals surface area contributed by atoms with Crippen molar-refractivity contribution in [3.05, 3.63) is 35.4 Å². The Labute approximate surface area is 132 Å². The summed E-state index contributed by atoms with van der Waals surface area (Å²) in [6, 6.07) is 6.90. The summed E-state index contributed by atoms with van der Waals surface area (Å²) in [6.45, 7) is 3.42. The first-order valence-corrected chi connectivity index (χ1v) is 7.26. The molecule has 0 radical (unpaired) electrons. The average Bonchev–Trinajstić information content (AvgIpc) is 2.74. The minimum absolute atomic E-state index is 0.363. The van der Waals surface area contributed by atoms with E-state index in [-0.39, 0.29) is 5.91 Å². The molecule has 1 aromatic rings. The molecule has 3 atom stereocenters. The van der Waals surface area contributed by atoms with Crippen LogP contribution in [0.3, 0.4) is 0 Å². The summed E-state index contributed by atoms with van der Waals surface area (Å²) in [7, 11) is 2.88. The van der Waals surface area contributed by atoms with Gasteiger partial charge < -0.3 is 9.47 Å². The van der Waals surface area contributed by atoms with Gasteiger partial charge in [0, 0.05) is 32.2 Å². The van der Waals surface area contributed by atoms with E-state index in [1.165, 1.54) is 14.2 Å². The standard InChI is InChI=1S/C16H16N2O5/c1-9-17-14(2)15(23-16(14,21-4)22-9)11-8-6-5-7-10(11)12(19)18(3)13(15)20/h5-8H,1-4H3/t14-,15+,16-/m0/s1. The number of carbonyl (C=O) groups excluding carboxylic acids is 2. The van der Waals surface area contributed by atoms with Crippen molar-refractivity contribution >= 4 is 17.7 Å². The van der Waals surface area contributed by atoms with Crippen LogP contribution in [0.1, 0.15) is 29.8 Å². The van der Waals surface area contributed by atoms with Gasteiger partial charge in [-0.05, 0) is 13.0 Å². The Balaban J connectivity index is 2.01. The zero-order valence-electron chi connectivity index (χ0n) is 13.2. The maximum absolute atomic E-state index is 13.0. The van der Waals surface area contributed by atoms with E-state index >= 15 is 0 Å². The van der Waals surface area contributed by atoms with Crippen LogP contribution in [0, 0.1) is 0 Å². The average molecular weight is 316 g/mol. The smallest absolute Gasteiger partial charge is 0.359 e. The van der Waals surface area contributed by atoms with Crippen LogP contribution in [0.2, 0.25) is 0 Å². The van der Waals surface area contributed by atoms with E-state index in [2.05, 4.69) is 4.99 Å². The highest BCUT2D eigenvalue weighted by Crippen LogP contribution is 2.64. The lowest BCUT2D eigenvalue weighted by Crippen LogP contribution is -2.82. The third-order valence-corrected chi connectivity index (χ3v) is 4.95. The fourth-order valence-corrected chi connectivity index (χ4v) is 3.82. The van der Waals surface area contributed by atoms with Gasteiger partial charge in [-0.25, -0.2) is 4.99 Å². The molecule has 1 fully saturated rings. The van der Waals surface area contributed by atoms with Crippen LogP contribution in [0.15, 0.2) is 29.3 Å². The highest BCUT2D eigenvalue weighted by Gasteiger charge is 2.85. The first-order chi connectivity index (χ1) is 10.8.